The van der Waals surface area contributed by atoms with Crippen LogP contribution >= 0.6 is 0 Å². The third kappa shape index (κ3) is 4.35. The van der Waals surface area contributed by atoms with Gasteiger partial charge in [0.1, 0.15) is 11.6 Å². The monoisotopic (exact) mass is 319 g/mol. The predicted molar refractivity (Wildman–Crippen MR) is 81.0 cm³/mol. The lowest BCUT2D eigenvalue weighted by Gasteiger charge is -2.17. The Hall–Kier alpha value is -2.77. The van der Waals surface area contributed by atoms with Crippen molar-refractivity contribution in [2.75, 3.05) is 0 Å². The van der Waals surface area contributed by atoms with E-state index in [4.69, 9.17) is 5.73 Å². The van der Waals surface area contributed by atoms with E-state index >= 15 is 0 Å². The SMILES string of the molecule is CC(=O)N[C@@H](CCC(N)=O)c1nc(C)nn1-c1ccc(F)cc1. The molecule has 0 saturated heterocycles. The molecule has 0 aliphatic heterocycles. The zero-order valence-corrected chi connectivity index (χ0v) is 12.9. The fraction of sp³-hybridized carbons (Fsp3) is 0.333. The number of aromatic nitrogens is 3. The number of halogens is 1. The highest BCUT2D eigenvalue weighted by Crippen LogP contribution is 2.20. The van der Waals surface area contributed by atoms with Crippen molar-refractivity contribution < 1.29 is 14.0 Å². The highest BCUT2D eigenvalue weighted by atomic mass is 19.1. The highest BCUT2D eigenvalue weighted by molar-refractivity contribution is 5.75. The highest BCUT2D eigenvalue weighted by Gasteiger charge is 2.22. The van der Waals surface area contributed by atoms with Crippen LogP contribution in [0.4, 0.5) is 4.39 Å². The number of nitrogens with two attached hydrogens (primary N) is 1. The second kappa shape index (κ2) is 6.99. The third-order valence-electron chi connectivity index (χ3n) is 3.18. The van der Waals surface area contributed by atoms with Crippen molar-refractivity contribution in [3.05, 3.63) is 41.7 Å². The normalized spacial score (nSPS) is 12.0. The van der Waals surface area contributed by atoms with E-state index in [0.29, 0.717) is 23.8 Å². The van der Waals surface area contributed by atoms with Gasteiger partial charge in [0.05, 0.1) is 11.7 Å². The second-order valence-corrected chi connectivity index (χ2v) is 5.16. The summed E-state index contributed by atoms with van der Waals surface area (Å²) in [7, 11) is 0. The number of primary amides is 1. The smallest absolute Gasteiger partial charge is 0.217 e. The summed E-state index contributed by atoms with van der Waals surface area (Å²) in [5.74, 6) is -0.126. The molecule has 0 spiro atoms. The van der Waals surface area contributed by atoms with Gasteiger partial charge in [-0.1, -0.05) is 0 Å². The molecule has 23 heavy (non-hydrogen) atoms. The molecule has 1 atom stereocenters. The minimum Gasteiger partial charge on any atom is -0.370 e. The quantitative estimate of drug-likeness (QED) is 0.833. The van der Waals surface area contributed by atoms with Gasteiger partial charge < -0.3 is 11.1 Å². The van der Waals surface area contributed by atoms with Gasteiger partial charge in [0.25, 0.3) is 0 Å². The van der Waals surface area contributed by atoms with Crippen molar-refractivity contribution >= 4 is 11.8 Å². The number of rotatable bonds is 6. The van der Waals surface area contributed by atoms with Crippen molar-refractivity contribution in [2.45, 2.75) is 32.7 Å². The van der Waals surface area contributed by atoms with Crippen molar-refractivity contribution in [1.82, 2.24) is 20.1 Å². The molecule has 0 fully saturated rings. The van der Waals surface area contributed by atoms with Crippen LogP contribution in [0.1, 0.15) is 37.5 Å². The molecule has 2 amide bonds. The van der Waals surface area contributed by atoms with E-state index < -0.39 is 11.9 Å². The molecule has 2 rings (SSSR count). The molecule has 3 N–H and O–H groups in total. The van der Waals surface area contributed by atoms with E-state index in [2.05, 4.69) is 15.4 Å². The largest absolute Gasteiger partial charge is 0.370 e. The fourth-order valence-corrected chi connectivity index (χ4v) is 2.23. The van der Waals surface area contributed by atoms with Crippen molar-refractivity contribution in [3.63, 3.8) is 0 Å². The van der Waals surface area contributed by atoms with Crippen LogP contribution in [0.15, 0.2) is 24.3 Å². The first-order chi connectivity index (χ1) is 10.9. The van der Waals surface area contributed by atoms with E-state index in [1.165, 1.54) is 23.7 Å². The Morgan fingerprint density at radius 2 is 2.00 bits per heavy atom. The van der Waals surface area contributed by atoms with Crippen LogP contribution in [0.5, 0.6) is 0 Å². The molecule has 1 aromatic carbocycles. The predicted octanol–water partition coefficient (Wildman–Crippen LogP) is 1.16. The van der Waals surface area contributed by atoms with Gasteiger partial charge in [-0.15, -0.1) is 0 Å². The Kier molecular flexibility index (Phi) is 5.05. The number of carbonyl (C=O) groups is 2. The van der Waals surface area contributed by atoms with Gasteiger partial charge in [0.15, 0.2) is 5.82 Å². The lowest BCUT2D eigenvalue weighted by Crippen LogP contribution is -2.29. The molecule has 0 bridgehead atoms. The molecular weight excluding hydrogens is 301 g/mol. The number of benzene rings is 1. The molecule has 122 valence electrons. The molecule has 0 saturated carbocycles. The number of carbonyl (C=O) groups excluding carboxylic acids is 2. The molecule has 2 aromatic rings. The summed E-state index contributed by atoms with van der Waals surface area (Å²) in [6.07, 6.45) is 0.397. The van der Waals surface area contributed by atoms with Crippen LogP contribution < -0.4 is 11.1 Å². The summed E-state index contributed by atoms with van der Waals surface area (Å²) in [6.45, 7) is 3.09. The maximum absolute atomic E-state index is 13.1. The van der Waals surface area contributed by atoms with Gasteiger partial charge in [0, 0.05) is 13.3 Å². The molecule has 7 nitrogen and oxygen atoms in total. The second-order valence-electron chi connectivity index (χ2n) is 5.16. The zero-order valence-electron chi connectivity index (χ0n) is 12.9. The van der Waals surface area contributed by atoms with Gasteiger partial charge in [-0.25, -0.2) is 14.1 Å². The molecule has 8 heteroatoms. The molecular formula is C15H18FN5O2. The van der Waals surface area contributed by atoms with Gasteiger partial charge in [-0.05, 0) is 37.6 Å². The van der Waals surface area contributed by atoms with E-state index in [1.54, 1.807) is 19.1 Å². The molecule has 1 heterocycles. The van der Waals surface area contributed by atoms with Crippen LogP contribution in [-0.4, -0.2) is 26.6 Å². The minimum absolute atomic E-state index is 0.0975. The number of nitrogens with zero attached hydrogens (tertiary/aromatic N) is 3. The summed E-state index contributed by atoms with van der Waals surface area (Å²) >= 11 is 0. The average Bonchev–Trinajstić information content (AvgIpc) is 2.85. The van der Waals surface area contributed by atoms with Crippen LogP contribution in [0.25, 0.3) is 5.69 Å². The Bertz CT molecular complexity index is 711. The first kappa shape index (κ1) is 16.6. The van der Waals surface area contributed by atoms with E-state index in [9.17, 15) is 14.0 Å². The number of hydrogen-bond donors (Lipinski definition) is 2. The first-order valence-electron chi connectivity index (χ1n) is 7.11. The van der Waals surface area contributed by atoms with Gasteiger partial charge >= 0.3 is 0 Å². The lowest BCUT2D eigenvalue weighted by atomic mass is 10.1. The Morgan fingerprint density at radius 3 is 2.57 bits per heavy atom. The molecule has 0 unspecified atom stereocenters. The zero-order chi connectivity index (χ0) is 17.0. The van der Waals surface area contributed by atoms with Gasteiger partial charge in [0.2, 0.25) is 11.8 Å². The summed E-state index contributed by atoms with van der Waals surface area (Å²) < 4.78 is 14.6. The van der Waals surface area contributed by atoms with Crippen LogP contribution in [-0.2, 0) is 9.59 Å². The minimum atomic E-state index is -0.522. The first-order valence-corrected chi connectivity index (χ1v) is 7.11. The van der Waals surface area contributed by atoms with Crippen molar-refractivity contribution in [3.8, 4) is 5.69 Å². The Morgan fingerprint density at radius 1 is 1.35 bits per heavy atom. The van der Waals surface area contributed by atoms with E-state index in [1.807, 2.05) is 0 Å². The van der Waals surface area contributed by atoms with Crippen molar-refractivity contribution in [2.24, 2.45) is 5.73 Å². The van der Waals surface area contributed by atoms with Crippen LogP contribution in [0, 0.1) is 12.7 Å². The summed E-state index contributed by atoms with van der Waals surface area (Å²) in [5.41, 5.74) is 5.79. The Balaban J connectivity index is 2.39. The summed E-state index contributed by atoms with van der Waals surface area (Å²) in [4.78, 5) is 26.8. The molecule has 1 aromatic heterocycles. The molecule has 0 aliphatic rings. The van der Waals surface area contributed by atoms with Crippen LogP contribution in [0.2, 0.25) is 0 Å². The summed E-state index contributed by atoms with van der Waals surface area (Å²) in [5, 5.41) is 7.02. The maximum atomic E-state index is 13.1. The Labute approximate surface area is 132 Å². The number of aryl methyl sites for hydroxylation is 1. The van der Waals surface area contributed by atoms with Gasteiger partial charge in [-0.2, -0.15) is 5.10 Å². The fourth-order valence-electron chi connectivity index (χ4n) is 2.23. The summed E-state index contributed by atoms with van der Waals surface area (Å²) in [6, 6.07) is 5.23. The topological polar surface area (TPSA) is 103 Å². The van der Waals surface area contributed by atoms with Crippen molar-refractivity contribution in [1.29, 1.82) is 0 Å². The lowest BCUT2D eigenvalue weighted by molar-refractivity contribution is -0.121. The van der Waals surface area contributed by atoms with Gasteiger partial charge in [-0.3, -0.25) is 9.59 Å². The number of amides is 2. The number of hydrogen-bond acceptors (Lipinski definition) is 4. The average molecular weight is 319 g/mol. The van der Waals surface area contributed by atoms with Crippen LogP contribution in [0.3, 0.4) is 0 Å². The number of nitrogens with one attached hydrogen (secondary N) is 1. The third-order valence-corrected chi connectivity index (χ3v) is 3.18. The molecule has 0 aliphatic carbocycles. The maximum Gasteiger partial charge on any atom is 0.217 e. The standard InChI is InChI=1S/C15H18FN5O2/c1-9-18-15(13(19-10(2)22)7-8-14(17)23)21(20-9)12-5-3-11(16)4-6-12/h3-6,13H,7-8H2,1-2H3,(H2,17,23)(H,19,22)/t13-/m0/s1. The molecule has 0 radical (unpaired) electrons. The van der Waals surface area contributed by atoms with E-state index in [0.717, 1.165) is 0 Å². The van der Waals surface area contributed by atoms with E-state index in [-0.39, 0.29) is 18.1 Å².